The maximum atomic E-state index is 11.5. The molecule has 2 rings (SSSR count). The van der Waals surface area contributed by atoms with Crippen LogP contribution in [0.2, 0.25) is 0 Å². The molecule has 92 valence electrons. The predicted molar refractivity (Wildman–Crippen MR) is 68.7 cm³/mol. The summed E-state index contributed by atoms with van der Waals surface area (Å²) in [5, 5.41) is 8.96. The second kappa shape index (κ2) is 5.50. The van der Waals surface area contributed by atoms with Crippen molar-refractivity contribution in [3.63, 3.8) is 0 Å². The Morgan fingerprint density at radius 3 is 2.94 bits per heavy atom. The highest BCUT2D eigenvalue weighted by Gasteiger charge is 2.12. The Morgan fingerprint density at radius 2 is 2.22 bits per heavy atom. The van der Waals surface area contributed by atoms with E-state index in [0.717, 1.165) is 18.4 Å². The van der Waals surface area contributed by atoms with Crippen LogP contribution in [0.5, 0.6) is 0 Å². The lowest BCUT2D eigenvalue weighted by Crippen LogP contribution is -2.06. The van der Waals surface area contributed by atoms with E-state index < -0.39 is 5.97 Å². The molecule has 0 bridgehead atoms. The minimum atomic E-state index is -0.555. The van der Waals surface area contributed by atoms with Crippen LogP contribution in [0, 0.1) is 11.3 Å². The molecule has 1 aliphatic rings. The van der Waals surface area contributed by atoms with E-state index >= 15 is 0 Å². The number of fused-ring (bicyclic) bond motifs is 1. The zero-order valence-corrected chi connectivity index (χ0v) is 10.4. The normalized spacial score (nSPS) is 13.9. The molecule has 0 heterocycles. The van der Waals surface area contributed by atoms with Gasteiger partial charge in [0, 0.05) is 0 Å². The van der Waals surface area contributed by atoms with Crippen molar-refractivity contribution in [2.24, 2.45) is 0 Å². The van der Waals surface area contributed by atoms with Crippen LogP contribution in [-0.2, 0) is 22.4 Å². The molecule has 0 spiro atoms. The SMILES string of the molecule is CCOC(=O)/C(C#N)=C\c1ccc2c(c1)CCC2. The van der Waals surface area contributed by atoms with Crippen LogP contribution in [0.1, 0.15) is 30.0 Å². The first-order valence-corrected chi connectivity index (χ1v) is 6.15. The smallest absolute Gasteiger partial charge is 0.348 e. The summed E-state index contributed by atoms with van der Waals surface area (Å²) in [6.45, 7) is 2.00. The van der Waals surface area contributed by atoms with Gasteiger partial charge in [0.1, 0.15) is 11.6 Å². The Morgan fingerprint density at radius 1 is 1.44 bits per heavy atom. The van der Waals surface area contributed by atoms with E-state index in [1.807, 2.05) is 12.1 Å². The maximum Gasteiger partial charge on any atom is 0.348 e. The zero-order chi connectivity index (χ0) is 13.0. The largest absolute Gasteiger partial charge is 0.462 e. The molecule has 0 saturated carbocycles. The third-order valence-corrected chi connectivity index (χ3v) is 3.05. The average molecular weight is 241 g/mol. The molecule has 0 N–H and O–H groups in total. The Balaban J connectivity index is 2.26. The van der Waals surface area contributed by atoms with Gasteiger partial charge in [0.2, 0.25) is 0 Å². The fourth-order valence-corrected chi connectivity index (χ4v) is 2.19. The van der Waals surface area contributed by atoms with Crippen molar-refractivity contribution in [2.75, 3.05) is 6.61 Å². The van der Waals surface area contributed by atoms with Gasteiger partial charge in [-0.1, -0.05) is 18.2 Å². The van der Waals surface area contributed by atoms with Gasteiger partial charge in [-0.25, -0.2) is 4.79 Å². The summed E-state index contributed by atoms with van der Waals surface area (Å²) in [5.74, 6) is -0.555. The highest BCUT2D eigenvalue weighted by atomic mass is 16.5. The number of hydrogen-bond donors (Lipinski definition) is 0. The van der Waals surface area contributed by atoms with Gasteiger partial charge in [0.05, 0.1) is 6.61 Å². The predicted octanol–water partition coefficient (Wildman–Crippen LogP) is 2.65. The second-order valence-electron chi connectivity index (χ2n) is 4.27. The number of carbonyl (C=O) groups excluding carboxylic acids is 1. The van der Waals surface area contributed by atoms with Gasteiger partial charge in [-0.05, 0) is 49.0 Å². The lowest BCUT2D eigenvalue weighted by molar-refractivity contribution is -0.137. The first kappa shape index (κ1) is 12.4. The molecule has 0 radical (unpaired) electrons. The molecule has 0 amide bonds. The number of ether oxygens (including phenoxy) is 1. The molecule has 0 saturated heterocycles. The molecule has 1 aromatic rings. The van der Waals surface area contributed by atoms with Crippen molar-refractivity contribution in [2.45, 2.75) is 26.2 Å². The van der Waals surface area contributed by atoms with Crippen molar-refractivity contribution in [3.05, 3.63) is 40.5 Å². The molecule has 1 aliphatic carbocycles. The van der Waals surface area contributed by atoms with Crippen molar-refractivity contribution in [3.8, 4) is 6.07 Å². The number of nitrogens with zero attached hydrogens (tertiary/aromatic N) is 1. The molecule has 0 fully saturated rings. The van der Waals surface area contributed by atoms with Crippen LogP contribution in [0.25, 0.3) is 6.08 Å². The Bertz CT molecular complexity index is 538. The van der Waals surface area contributed by atoms with E-state index in [0.29, 0.717) is 0 Å². The highest BCUT2D eigenvalue weighted by Crippen LogP contribution is 2.23. The minimum Gasteiger partial charge on any atom is -0.462 e. The number of benzene rings is 1. The Kier molecular flexibility index (Phi) is 3.78. The number of rotatable bonds is 3. The van der Waals surface area contributed by atoms with E-state index in [-0.39, 0.29) is 12.2 Å². The third-order valence-electron chi connectivity index (χ3n) is 3.05. The monoisotopic (exact) mass is 241 g/mol. The van der Waals surface area contributed by atoms with Gasteiger partial charge >= 0.3 is 5.97 Å². The van der Waals surface area contributed by atoms with Crippen molar-refractivity contribution >= 4 is 12.0 Å². The molecule has 1 aromatic carbocycles. The number of esters is 1. The molecule has 0 unspecified atom stereocenters. The Hall–Kier alpha value is -2.08. The zero-order valence-electron chi connectivity index (χ0n) is 10.4. The molecule has 18 heavy (non-hydrogen) atoms. The van der Waals surface area contributed by atoms with Crippen LogP contribution in [0.4, 0.5) is 0 Å². The number of aryl methyl sites for hydroxylation is 2. The number of hydrogen-bond acceptors (Lipinski definition) is 3. The van der Waals surface area contributed by atoms with E-state index in [1.54, 1.807) is 13.0 Å². The fourth-order valence-electron chi connectivity index (χ4n) is 2.19. The maximum absolute atomic E-state index is 11.5. The summed E-state index contributed by atoms with van der Waals surface area (Å²) in [6, 6.07) is 7.97. The van der Waals surface area contributed by atoms with E-state index in [9.17, 15) is 4.79 Å². The summed E-state index contributed by atoms with van der Waals surface area (Å²) < 4.78 is 4.83. The van der Waals surface area contributed by atoms with Crippen LogP contribution < -0.4 is 0 Å². The first-order valence-electron chi connectivity index (χ1n) is 6.15. The second-order valence-corrected chi connectivity index (χ2v) is 4.27. The summed E-state index contributed by atoms with van der Waals surface area (Å²) >= 11 is 0. The summed E-state index contributed by atoms with van der Waals surface area (Å²) in [5.41, 5.74) is 3.64. The quantitative estimate of drug-likeness (QED) is 0.464. The van der Waals surface area contributed by atoms with Crippen LogP contribution in [0.3, 0.4) is 0 Å². The van der Waals surface area contributed by atoms with E-state index in [2.05, 4.69) is 12.1 Å². The standard InChI is InChI=1S/C15H15NO2/c1-2-18-15(17)14(10-16)9-11-6-7-12-4-3-5-13(12)8-11/h6-9H,2-5H2,1H3/b14-9-. The third kappa shape index (κ3) is 2.60. The van der Waals surface area contributed by atoms with Gasteiger partial charge < -0.3 is 4.74 Å². The van der Waals surface area contributed by atoms with Gasteiger partial charge in [-0.2, -0.15) is 5.26 Å². The van der Waals surface area contributed by atoms with Crippen molar-refractivity contribution in [1.82, 2.24) is 0 Å². The molecular formula is C15H15NO2. The van der Waals surface area contributed by atoms with Gasteiger partial charge in [-0.3, -0.25) is 0 Å². The molecular weight excluding hydrogens is 226 g/mol. The van der Waals surface area contributed by atoms with E-state index in [1.165, 1.54) is 17.5 Å². The molecule has 3 nitrogen and oxygen atoms in total. The van der Waals surface area contributed by atoms with Gasteiger partial charge in [0.25, 0.3) is 0 Å². The highest BCUT2D eigenvalue weighted by molar-refractivity contribution is 5.97. The lowest BCUT2D eigenvalue weighted by atomic mass is 10.0. The van der Waals surface area contributed by atoms with Gasteiger partial charge in [0.15, 0.2) is 0 Å². The average Bonchev–Trinajstić information content (AvgIpc) is 2.83. The molecule has 3 heteroatoms. The minimum absolute atomic E-state index is 0.0507. The van der Waals surface area contributed by atoms with Crippen molar-refractivity contribution in [1.29, 1.82) is 5.26 Å². The van der Waals surface area contributed by atoms with Crippen LogP contribution in [-0.4, -0.2) is 12.6 Å². The molecule has 0 aliphatic heterocycles. The summed E-state index contributed by atoms with van der Waals surface area (Å²) in [7, 11) is 0. The number of nitriles is 1. The van der Waals surface area contributed by atoms with Crippen LogP contribution >= 0.6 is 0 Å². The van der Waals surface area contributed by atoms with Crippen molar-refractivity contribution < 1.29 is 9.53 Å². The number of carbonyl (C=O) groups is 1. The first-order chi connectivity index (χ1) is 8.74. The molecule has 0 aromatic heterocycles. The fraction of sp³-hybridized carbons (Fsp3) is 0.333. The Labute approximate surface area is 107 Å². The topological polar surface area (TPSA) is 50.1 Å². The van der Waals surface area contributed by atoms with Gasteiger partial charge in [-0.15, -0.1) is 0 Å². The summed E-state index contributed by atoms with van der Waals surface area (Å²) in [6.07, 6.45) is 4.99. The molecule has 0 atom stereocenters. The van der Waals surface area contributed by atoms with E-state index in [4.69, 9.17) is 10.00 Å². The van der Waals surface area contributed by atoms with Crippen LogP contribution in [0.15, 0.2) is 23.8 Å². The lowest BCUT2D eigenvalue weighted by Gasteiger charge is -2.02. The summed E-state index contributed by atoms with van der Waals surface area (Å²) in [4.78, 5) is 11.5.